The van der Waals surface area contributed by atoms with Crippen LogP contribution in [0.15, 0.2) is 22.2 Å². The maximum Gasteiger partial charge on any atom is 0.124 e. The molecule has 3 nitrogen and oxygen atoms in total. The molecule has 0 N–H and O–H groups in total. The fourth-order valence-electron chi connectivity index (χ4n) is 3.48. The Labute approximate surface area is 133 Å². The summed E-state index contributed by atoms with van der Waals surface area (Å²) in [5, 5.41) is 7.67. The Bertz CT molecular complexity index is 579. The van der Waals surface area contributed by atoms with Crippen LogP contribution >= 0.6 is 22.7 Å². The third-order valence-electron chi connectivity index (χ3n) is 4.53. The lowest BCUT2D eigenvalue weighted by Gasteiger charge is -2.43. The number of thiophene rings is 1. The van der Waals surface area contributed by atoms with Gasteiger partial charge in [-0.05, 0) is 24.3 Å². The van der Waals surface area contributed by atoms with Crippen LogP contribution in [0.4, 0.5) is 0 Å². The number of morpholine rings is 1. The van der Waals surface area contributed by atoms with Gasteiger partial charge in [0.25, 0.3) is 0 Å². The fraction of sp³-hybridized carbons (Fsp3) is 0.562. The van der Waals surface area contributed by atoms with E-state index >= 15 is 0 Å². The molecule has 3 heterocycles. The number of fused-ring (bicyclic) bond motifs is 1. The second-order valence-electron chi connectivity index (χ2n) is 5.89. The maximum absolute atomic E-state index is 5.96. The first kappa shape index (κ1) is 13.9. The van der Waals surface area contributed by atoms with Gasteiger partial charge in [-0.3, -0.25) is 4.90 Å². The largest absolute Gasteiger partial charge is 0.375 e. The highest BCUT2D eigenvalue weighted by atomic mass is 32.1. The Hall–Kier alpha value is -0.750. The predicted molar refractivity (Wildman–Crippen MR) is 87.8 cm³/mol. The highest BCUT2D eigenvalue weighted by molar-refractivity contribution is 7.14. The SMILES string of the molecule is c1cc(-c2nc(CN3CCOC4CCCCC43)cs2)cs1. The van der Waals surface area contributed by atoms with Crippen LogP contribution < -0.4 is 0 Å². The summed E-state index contributed by atoms with van der Waals surface area (Å²) in [5.41, 5.74) is 2.47. The van der Waals surface area contributed by atoms with Crippen molar-refractivity contribution in [2.45, 2.75) is 44.4 Å². The van der Waals surface area contributed by atoms with Crippen LogP contribution in [0.2, 0.25) is 0 Å². The molecule has 2 fully saturated rings. The Morgan fingerprint density at radius 2 is 2.24 bits per heavy atom. The van der Waals surface area contributed by atoms with Gasteiger partial charge in [-0.15, -0.1) is 11.3 Å². The fourth-order valence-corrected chi connectivity index (χ4v) is 5.00. The number of ether oxygens (including phenoxy) is 1. The third-order valence-corrected chi connectivity index (χ3v) is 6.16. The summed E-state index contributed by atoms with van der Waals surface area (Å²) < 4.78 is 5.96. The molecular weight excluding hydrogens is 300 g/mol. The third kappa shape index (κ3) is 2.93. The number of rotatable bonds is 3. The van der Waals surface area contributed by atoms with E-state index in [4.69, 9.17) is 9.72 Å². The minimum absolute atomic E-state index is 0.461. The van der Waals surface area contributed by atoms with Crippen molar-refractivity contribution in [1.82, 2.24) is 9.88 Å². The zero-order valence-electron chi connectivity index (χ0n) is 12.0. The van der Waals surface area contributed by atoms with E-state index in [-0.39, 0.29) is 0 Å². The topological polar surface area (TPSA) is 25.4 Å². The molecule has 112 valence electrons. The van der Waals surface area contributed by atoms with Crippen molar-refractivity contribution in [3.05, 3.63) is 27.9 Å². The van der Waals surface area contributed by atoms with Gasteiger partial charge < -0.3 is 4.74 Å². The van der Waals surface area contributed by atoms with E-state index in [0.29, 0.717) is 12.1 Å². The van der Waals surface area contributed by atoms with E-state index in [2.05, 4.69) is 27.1 Å². The van der Waals surface area contributed by atoms with E-state index in [1.54, 1.807) is 22.7 Å². The number of aromatic nitrogens is 1. The number of hydrogen-bond acceptors (Lipinski definition) is 5. The molecule has 2 aromatic rings. The Kier molecular flexibility index (Phi) is 4.07. The van der Waals surface area contributed by atoms with Crippen LogP contribution in [0.3, 0.4) is 0 Å². The van der Waals surface area contributed by atoms with E-state index in [9.17, 15) is 0 Å². The van der Waals surface area contributed by atoms with Crippen LogP contribution in [-0.4, -0.2) is 35.2 Å². The van der Waals surface area contributed by atoms with Gasteiger partial charge in [-0.25, -0.2) is 4.98 Å². The quantitative estimate of drug-likeness (QED) is 0.854. The molecule has 5 heteroatoms. The Morgan fingerprint density at radius 3 is 3.14 bits per heavy atom. The molecule has 0 bridgehead atoms. The first-order valence-electron chi connectivity index (χ1n) is 7.73. The number of hydrogen-bond donors (Lipinski definition) is 0. The molecule has 1 aliphatic carbocycles. The van der Waals surface area contributed by atoms with Gasteiger partial charge >= 0.3 is 0 Å². The van der Waals surface area contributed by atoms with Crippen LogP contribution in [0, 0.1) is 0 Å². The summed E-state index contributed by atoms with van der Waals surface area (Å²) in [7, 11) is 0. The molecule has 2 aliphatic rings. The van der Waals surface area contributed by atoms with Crippen LogP contribution in [0.5, 0.6) is 0 Å². The molecule has 21 heavy (non-hydrogen) atoms. The van der Waals surface area contributed by atoms with E-state index in [0.717, 1.165) is 24.7 Å². The van der Waals surface area contributed by atoms with Crippen molar-refractivity contribution in [1.29, 1.82) is 0 Å². The van der Waals surface area contributed by atoms with Crippen molar-refractivity contribution < 1.29 is 4.74 Å². The van der Waals surface area contributed by atoms with Crippen molar-refractivity contribution in [3.63, 3.8) is 0 Å². The van der Waals surface area contributed by atoms with Crippen molar-refractivity contribution in [2.24, 2.45) is 0 Å². The van der Waals surface area contributed by atoms with Gasteiger partial charge in [0.15, 0.2) is 0 Å². The molecular formula is C16H20N2OS2. The first-order chi connectivity index (χ1) is 10.4. The lowest BCUT2D eigenvalue weighted by atomic mass is 9.90. The zero-order valence-corrected chi connectivity index (χ0v) is 13.7. The molecule has 2 unspecified atom stereocenters. The van der Waals surface area contributed by atoms with E-state index < -0.39 is 0 Å². The monoisotopic (exact) mass is 320 g/mol. The first-order valence-corrected chi connectivity index (χ1v) is 9.55. The van der Waals surface area contributed by atoms with Gasteiger partial charge in [0.2, 0.25) is 0 Å². The van der Waals surface area contributed by atoms with Gasteiger partial charge in [-0.1, -0.05) is 12.8 Å². The normalized spacial score (nSPS) is 26.7. The van der Waals surface area contributed by atoms with Crippen LogP contribution in [-0.2, 0) is 11.3 Å². The molecule has 2 aromatic heterocycles. The second kappa shape index (κ2) is 6.16. The molecule has 1 saturated carbocycles. The zero-order chi connectivity index (χ0) is 14.1. The summed E-state index contributed by atoms with van der Waals surface area (Å²) in [6.45, 7) is 2.90. The predicted octanol–water partition coefficient (Wildman–Crippen LogP) is 4.02. The van der Waals surface area contributed by atoms with Crippen LogP contribution in [0.25, 0.3) is 10.6 Å². The minimum atomic E-state index is 0.461. The average Bonchev–Trinajstić information content (AvgIpc) is 3.18. The molecule has 1 saturated heterocycles. The summed E-state index contributed by atoms with van der Waals surface area (Å²) >= 11 is 3.50. The molecule has 2 atom stereocenters. The Balaban J connectivity index is 1.47. The Morgan fingerprint density at radius 1 is 1.29 bits per heavy atom. The number of thiazole rings is 1. The molecule has 0 aromatic carbocycles. The van der Waals surface area contributed by atoms with Gasteiger partial charge in [0.05, 0.1) is 18.4 Å². The molecule has 0 amide bonds. The minimum Gasteiger partial charge on any atom is -0.375 e. The van der Waals surface area contributed by atoms with Crippen molar-refractivity contribution in [3.8, 4) is 10.6 Å². The van der Waals surface area contributed by atoms with Gasteiger partial charge in [0.1, 0.15) is 5.01 Å². The molecule has 0 spiro atoms. The average molecular weight is 320 g/mol. The summed E-state index contributed by atoms with van der Waals surface area (Å²) in [6, 6.07) is 2.76. The van der Waals surface area contributed by atoms with Crippen molar-refractivity contribution in [2.75, 3.05) is 13.2 Å². The van der Waals surface area contributed by atoms with Crippen LogP contribution in [0.1, 0.15) is 31.4 Å². The summed E-state index contributed by atoms with van der Waals surface area (Å²) in [6.07, 6.45) is 5.65. The van der Waals surface area contributed by atoms with Crippen molar-refractivity contribution >= 4 is 22.7 Å². The molecule has 4 rings (SSSR count). The van der Waals surface area contributed by atoms with Gasteiger partial charge in [-0.2, -0.15) is 11.3 Å². The maximum atomic E-state index is 5.96. The molecule has 0 radical (unpaired) electrons. The highest BCUT2D eigenvalue weighted by Gasteiger charge is 2.34. The summed E-state index contributed by atoms with van der Waals surface area (Å²) in [4.78, 5) is 7.42. The highest BCUT2D eigenvalue weighted by Crippen LogP contribution is 2.31. The lowest BCUT2D eigenvalue weighted by molar-refractivity contribution is -0.0914. The smallest absolute Gasteiger partial charge is 0.124 e. The second-order valence-corrected chi connectivity index (χ2v) is 7.53. The lowest BCUT2D eigenvalue weighted by Crippen LogP contribution is -2.52. The van der Waals surface area contributed by atoms with Gasteiger partial charge in [0, 0.05) is 35.5 Å². The number of nitrogens with zero attached hydrogens (tertiary/aromatic N) is 2. The molecule has 1 aliphatic heterocycles. The van der Waals surface area contributed by atoms with E-state index in [1.165, 1.54) is 36.9 Å². The standard InChI is InChI=1S/C16H20N2OS2/c1-2-4-15-14(3-1)18(6-7-19-15)9-13-11-21-16(17-13)12-5-8-20-10-12/h5,8,10-11,14-15H,1-4,6-7,9H2. The van der Waals surface area contributed by atoms with E-state index in [1.807, 2.05) is 0 Å². The summed E-state index contributed by atoms with van der Waals surface area (Å²) in [5.74, 6) is 0.